The van der Waals surface area contributed by atoms with Crippen molar-refractivity contribution in [2.24, 2.45) is 0 Å². The molecule has 1 aromatic carbocycles. The van der Waals surface area contributed by atoms with E-state index in [1.165, 1.54) is 43.8 Å². The predicted octanol–water partition coefficient (Wildman–Crippen LogP) is 2.53. The van der Waals surface area contributed by atoms with Crippen molar-refractivity contribution >= 4 is 39.8 Å². The highest BCUT2D eigenvalue weighted by atomic mass is 32.1. The van der Waals surface area contributed by atoms with E-state index in [0.717, 1.165) is 5.69 Å². The number of fused-ring (bicyclic) bond motifs is 1. The maximum atomic E-state index is 12.5. The van der Waals surface area contributed by atoms with Gasteiger partial charge in [0.15, 0.2) is 4.96 Å². The lowest BCUT2D eigenvalue weighted by atomic mass is 10.1. The van der Waals surface area contributed by atoms with E-state index in [9.17, 15) is 14.4 Å². The summed E-state index contributed by atoms with van der Waals surface area (Å²) in [4.78, 5) is 41.0. The van der Waals surface area contributed by atoms with Gasteiger partial charge in [-0.2, -0.15) is 0 Å². The molecule has 0 atom stereocenters. The number of hydrogen-bond donors (Lipinski definition) is 1. The summed E-state index contributed by atoms with van der Waals surface area (Å²) in [5.74, 6) is -1.73. The number of hydrogen-bond acceptors (Lipinski definition) is 7. The number of thiazole rings is 1. The molecule has 8 nitrogen and oxygen atoms in total. The third-order valence-electron chi connectivity index (χ3n) is 3.65. The molecule has 3 aromatic rings. The first-order valence-corrected chi connectivity index (χ1v) is 8.37. The third kappa shape index (κ3) is 3.29. The van der Waals surface area contributed by atoms with Crippen LogP contribution >= 0.6 is 11.3 Å². The fourth-order valence-electron chi connectivity index (χ4n) is 2.37. The lowest BCUT2D eigenvalue weighted by molar-refractivity contribution is 0.0599. The Bertz CT molecular complexity index is 987. The van der Waals surface area contributed by atoms with Gasteiger partial charge in [-0.1, -0.05) is 0 Å². The molecule has 0 aliphatic heterocycles. The van der Waals surface area contributed by atoms with Crippen LogP contribution in [0, 0.1) is 6.92 Å². The normalized spacial score (nSPS) is 10.6. The van der Waals surface area contributed by atoms with Gasteiger partial charge in [0, 0.05) is 23.0 Å². The molecule has 9 heteroatoms. The van der Waals surface area contributed by atoms with Crippen LogP contribution in [0.25, 0.3) is 4.96 Å². The van der Waals surface area contributed by atoms with Gasteiger partial charge in [0.1, 0.15) is 5.69 Å². The van der Waals surface area contributed by atoms with Gasteiger partial charge in [-0.3, -0.25) is 9.20 Å². The van der Waals surface area contributed by atoms with Crippen LogP contribution in [0.2, 0.25) is 0 Å². The van der Waals surface area contributed by atoms with Crippen LogP contribution < -0.4 is 5.32 Å². The van der Waals surface area contributed by atoms with Crippen molar-refractivity contribution in [1.82, 2.24) is 9.38 Å². The summed E-state index contributed by atoms with van der Waals surface area (Å²) in [6.07, 6.45) is 1.63. The summed E-state index contributed by atoms with van der Waals surface area (Å²) in [5, 5.41) is 4.58. The Morgan fingerprint density at radius 2 is 1.69 bits per heavy atom. The Labute approximate surface area is 152 Å². The average molecular weight is 373 g/mol. The molecule has 134 valence electrons. The third-order valence-corrected chi connectivity index (χ3v) is 4.61. The number of aryl methyl sites for hydroxylation is 1. The smallest absolute Gasteiger partial charge is 0.337 e. The molecule has 0 radical (unpaired) electrons. The Balaban J connectivity index is 1.93. The molecular weight excluding hydrogens is 358 g/mol. The van der Waals surface area contributed by atoms with Gasteiger partial charge < -0.3 is 14.8 Å². The molecule has 0 bridgehead atoms. The molecule has 0 unspecified atom stereocenters. The SMILES string of the molecule is COC(=O)c1cc(NC(=O)c2cn3c(C)csc3n2)cc(C(=O)OC)c1. The van der Waals surface area contributed by atoms with Crippen molar-refractivity contribution in [2.45, 2.75) is 6.92 Å². The standard InChI is InChI=1S/C17H15N3O5S/c1-9-8-26-17-19-13(7-20(9)17)14(21)18-12-5-10(15(22)24-2)4-11(6-12)16(23)25-3/h4-8H,1-3H3,(H,18,21). The first-order valence-electron chi connectivity index (χ1n) is 7.49. The fourth-order valence-corrected chi connectivity index (χ4v) is 3.22. The summed E-state index contributed by atoms with van der Waals surface area (Å²) in [7, 11) is 2.46. The van der Waals surface area contributed by atoms with E-state index in [1.54, 1.807) is 6.20 Å². The second-order valence-electron chi connectivity index (χ2n) is 5.39. The number of rotatable bonds is 4. The highest BCUT2D eigenvalue weighted by molar-refractivity contribution is 7.15. The molecule has 0 saturated heterocycles. The number of esters is 2. The maximum absolute atomic E-state index is 12.5. The predicted molar refractivity (Wildman–Crippen MR) is 94.9 cm³/mol. The number of amides is 1. The Kier molecular flexibility index (Phi) is 4.72. The molecule has 2 heterocycles. The Morgan fingerprint density at radius 3 is 2.23 bits per heavy atom. The minimum absolute atomic E-state index is 0.118. The molecule has 0 aliphatic rings. The van der Waals surface area contributed by atoms with Crippen molar-refractivity contribution < 1.29 is 23.9 Å². The number of aromatic nitrogens is 2. The van der Waals surface area contributed by atoms with Gasteiger partial charge in [0.05, 0.1) is 25.3 Å². The van der Waals surface area contributed by atoms with Crippen LogP contribution in [0.4, 0.5) is 5.69 Å². The average Bonchev–Trinajstić information content (AvgIpc) is 3.22. The minimum atomic E-state index is -0.635. The quantitative estimate of drug-likeness (QED) is 0.706. The summed E-state index contributed by atoms with van der Waals surface area (Å²) in [6.45, 7) is 1.91. The number of benzene rings is 1. The van der Waals surface area contributed by atoms with Crippen molar-refractivity contribution in [3.8, 4) is 0 Å². The summed E-state index contributed by atoms with van der Waals surface area (Å²) >= 11 is 1.43. The van der Waals surface area contributed by atoms with Crippen molar-refractivity contribution in [2.75, 3.05) is 19.5 Å². The second kappa shape index (κ2) is 6.96. The van der Waals surface area contributed by atoms with Gasteiger partial charge in [0.2, 0.25) is 0 Å². The summed E-state index contributed by atoms with van der Waals surface area (Å²) in [6, 6.07) is 4.17. The number of nitrogens with zero attached hydrogens (tertiary/aromatic N) is 2. The van der Waals surface area contributed by atoms with Crippen LogP contribution in [0.5, 0.6) is 0 Å². The zero-order valence-corrected chi connectivity index (χ0v) is 15.0. The number of carbonyl (C=O) groups excluding carboxylic acids is 3. The van der Waals surface area contributed by atoms with E-state index in [-0.39, 0.29) is 22.5 Å². The van der Waals surface area contributed by atoms with Gasteiger partial charge >= 0.3 is 11.9 Å². The van der Waals surface area contributed by atoms with E-state index in [1.807, 2.05) is 16.7 Å². The van der Waals surface area contributed by atoms with Crippen LogP contribution in [0.3, 0.4) is 0 Å². The van der Waals surface area contributed by atoms with Gasteiger partial charge in [0.25, 0.3) is 5.91 Å². The molecule has 1 amide bonds. The molecular formula is C17H15N3O5S. The molecule has 3 rings (SSSR count). The van der Waals surface area contributed by atoms with E-state index in [4.69, 9.17) is 0 Å². The molecule has 0 fully saturated rings. The number of carbonyl (C=O) groups is 3. The van der Waals surface area contributed by atoms with Crippen molar-refractivity contribution in [3.63, 3.8) is 0 Å². The van der Waals surface area contributed by atoms with E-state index >= 15 is 0 Å². The lowest BCUT2D eigenvalue weighted by Crippen LogP contribution is -2.14. The molecule has 2 aromatic heterocycles. The summed E-state index contributed by atoms with van der Waals surface area (Å²) in [5.41, 5.74) is 1.69. The van der Waals surface area contributed by atoms with Crippen LogP contribution in [-0.4, -0.2) is 41.5 Å². The lowest BCUT2D eigenvalue weighted by Gasteiger charge is -2.08. The number of ether oxygens (including phenoxy) is 2. The van der Waals surface area contributed by atoms with E-state index < -0.39 is 17.8 Å². The second-order valence-corrected chi connectivity index (χ2v) is 6.23. The molecule has 0 spiro atoms. The monoisotopic (exact) mass is 373 g/mol. The van der Waals surface area contributed by atoms with Crippen LogP contribution in [0.1, 0.15) is 36.9 Å². The van der Waals surface area contributed by atoms with Gasteiger partial charge in [-0.05, 0) is 25.1 Å². The number of nitrogens with one attached hydrogen (secondary N) is 1. The highest BCUT2D eigenvalue weighted by Crippen LogP contribution is 2.20. The first kappa shape index (κ1) is 17.6. The van der Waals surface area contributed by atoms with Gasteiger partial charge in [-0.15, -0.1) is 11.3 Å². The highest BCUT2D eigenvalue weighted by Gasteiger charge is 2.17. The number of imidazole rings is 1. The van der Waals surface area contributed by atoms with E-state index in [0.29, 0.717) is 4.96 Å². The topological polar surface area (TPSA) is 99.0 Å². The fraction of sp³-hybridized carbons (Fsp3) is 0.176. The maximum Gasteiger partial charge on any atom is 0.337 e. The Hall–Kier alpha value is -3.20. The van der Waals surface area contributed by atoms with Crippen LogP contribution in [-0.2, 0) is 9.47 Å². The number of anilines is 1. The number of methoxy groups -OCH3 is 2. The molecule has 0 saturated carbocycles. The summed E-state index contributed by atoms with van der Waals surface area (Å²) < 4.78 is 11.2. The first-order chi connectivity index (χ1) is 12.4. The molecule has 26 heavy (non-hydrogen) atoms. The molecule has 1 N–H and O–H groups in total. The Morgan fingerprint density at radius 1 is 1.08 bits per heavy atom. The van der Waals surface area contributed by atoms with Crippen LogP contribution in [0.15, 0.2) is 29.8 Å². The zero-order valence-electron chi connectivity index (χ0n) is 14.2. The largest absolute Gasteiger partial charge is 0.465 e. The minimum Gasteiger partial charge on any atom is -0.465 e. The molecule has 0 aliphatic carbocycles. The van der Waals surface area contributed by atoms with Crippen molar-refractivity contribution in [1.29, 1.82) is 0 Å². The van der Waals surface area contributed by atoms with E-state index in [2.05, 4.69) is 19.8 Å². The van der Waals surface area contributed by atoms with Crippen molar-refractivity contribution in [3.05, 3.63) is 52.3 Å². The zero-order chi connectivity index (χ0) is 18.8. The van der Waals surface area contributed by atoms with Gasteiger partial charge in [-0.25, -0.2) is 14.6 Å².